The molecular formula is C17H22FN5O2. The molecule has 0 atom stereocenters. The summed E-state index contributed by atoms with van der Waals surface area (Å²) in [5.41, 5.74) is 2.57. The van der Waals surface area contributed by atoms with Crippen molar-refractivity contribution in [1.29, 1.82) is 0 Å². The molecule has 3 rings (SSSR count). The predicted molar refractivity (Wildman–Crippen MR) is 89.0 cm³/mol. The molecule has 1 N–H and O–H groups in total. The number of aryl methyl sites for hydroxylation is 1. The monoisotopic (exact) mass is 347 g/mol. The van der Waals surface area contributed by atoms with Crippen LogP contribution >= 0.6 is 0 Å². The number of nitrogens with zero attached hydrogens (tertiary/aromatic N) is 4. The molecule has 1 fully saturated rings. The molecule has 2 heterocycles. The van der Waals surface area contributed by atoms with Gasteiger partial charge in [-0.15, -0.1) is 0 Å². The van der Waals surface area contributed by atoms with Gasteiger partial charge in [-0.25, -0.2) is 9.02 Å². The van der Waals surface area contributed by atoms with Crippen molar-refractivity contribution < 1.29 is 13.8 Å². The van der Waals surface area contributed by atoms with E-state index in [1.165, 1.54) is 12.1 Å². The molecule has 134 valence electrons. The Hall–Kier alpha value is -2.32. The van der Waals surface area contributed by atoms with Gasteiger partial charge in [0.2, 0.25) is 5.91 Å². The zero-order chi connectivity index (χ0) is 17.6. The lowest BCUT2D eigenvalue weighted by atomic mass is 10.2. The Bertz CT molecular complexity index is 695. The molecule has 0 bridgehead atoms. The van der Waals surface area contributed by atoms with Crippen molar-refractivity contribution in [3.63, 3.8) is 0 Å². The fraction of sp³-hybridized carbons (Fsp3) is 0.471. The molecule has 1 amide bonds. The SMILES string of the molecule is Cc1nonc1CN1CCN(CC(=O)NCc2ccc(F)cc2)CC1. The normalized spacial score (nSPS) is 16.1. The molecule has 1 aliphatic rings. The second kappa shape index (κ2) is 8.17. The molecule has 0 radical (unpaired) electrons. The van der Waals surface area contributed by atoms with Crippen LogP contribution in [0.15, 0.2) is 28.9 Å². The molecular weight excluding hydrogens is 325 g/mol. The largest absolute Gasteiger partial charge is 0.351 e. The predicted octanol–water partition coefficient (Wildman–Crippen LogP) is 0.951. The van der Waals surface area contributed by atoms with Crippen molar-refractivity contribution in [2.24, 2.45) is 0 Å². The average molecular weight is 347 g/mol. The highest BCUT2D eigenvalue weighted by Gasteiger charge is 2.20. The number of hydrogen-bond donors (Lipinski definition) is 1. The van der Waals surface area contributed by atoms with E-state index in [1.54, 1.807) is 12.1 Å². The Kier molecular flexibility index (Phi) is 5.72. The van der Waals surface area contributed by atoms with E-state index < -0.39 is 0 Å². The number of halogens is 1. The van der Waals surface area contributed by atoms with Gasteiger partial charge in [0.25, 0.3) is 0 Å². The quantitative estimate of drug-likeness (QED) is 0.839. The summed E-state index contributed by atoms with van der Waals surface area (Å²) < 4.78 is 17.6. The third kappa shape index (κ3) is 5.07. The van der Waals surface area contributed by atoms with Crippen LogP contribution in [-0.4, -0.2) is 58.7 Å². The molecule has 0 saturated carbocycles. The molecule has 1 aromatic carbocycles. The van der Waals surface area contributed by atoms with Crippen LogP contribution in [0.1, 0.15) is 17.0 Å². The van der Waals surface area contributed by atoms with Gasteiger partial charge < -0.3 is 5.32 Å². The Morgan fingerprint density at radius 3 is 2.48 bits per heavy atom. The summed E-state index contributed by atoms with van der Waals surface area (Å²) in [5, 5.41) is 10.6. The molecule has 25 heavy (non-hydrogen) atoms. The summed E-state index contributed by atoms with van der Waals surface area (Å²) in [4.78, 5) is 16.5. The highest BCUT2D eigenvalue weighted by molar-refractivity contribution is 5.78. The first-order valence-corrected chi connectivity index (χ1v) is 8.34. The molecule has 7 nitrogen and oxygen atoms in total. The number of carbonyl (C=O) groups is 1. The fourth-order valence-electron chi connectivity index (χ4n) is 2.77. The summed E-state index contributed by atoms with van der Waals surface area (Å²) in [6.45, 7) is 6.79. The number of hydrogen-bond acceptors (Lipinski definition) is 6. The van der Waals surface area contributed by atoms with Crippen molar-refractivity contribution in [3.05, 3.63) is 47.0 Å². The Morgan fingerprint density at radius 1 is 1.16 bits per heavy atom. The van der Waals surface area contributed by atoms with Crippen molar-refractivity contribution in [3.8, 4) is 0 Å². The number of aromatic nitrogens is 2. The lowest BCUT2D eigenvalue weighted by Gasteiger charge is -2.33. The van der Waals surface area contributed by atoms with E-state index in [1.807, 2.05) is 6.92 Å². The Labute approximate surface area is 145 Å². The van der Waals surface area contributed by atoms with E-state index in [-0.39, 0.29) is 11.7 Å². The summed E-state index contributed by atoms with van der Waals surface area (Å²) >= 11 is 0. The van der Waals surface area contributed by atoms with Gasteiger partial charge in [0, 0.05) is 39.3 Å². The van der Waals surface area contributed by atoms with Crippen LogP contribution in [0.2, 0.25) is 0 Å². The number of nitrogens with one attached hydrogen (secondary N) is 1. The summed E-state index contributed by atoms with van der Waals surface area (Å²) in [6.07, 6.45) is 0. The van der Waals surface area contributed by atoms with Crippen molar-refractivity contribution in [2.75, 3.05) is 32.7 Å². The van der Waals surface area contributed by atoms with Gasteiger partial charge >= 0.3 is 0 Å². The van der Waals surface area contributed by atoms with Crippen LogP contribution in [0, 0.1) is 12.7 Å². The van der Waals surface area contributed by atoms with Gasteiger partial charge in [0.1, 0.15) is 17.2 Å². The van der Waals surface area contributed by atoms with E-state index in [0.717, 1.165) is 49.7 Å². The van der Waals surface area contributed by atoms with E-state index in [4.69, 9.17) is 4.63 Å². The lowest BCUT2D eigenvalue weighted by molar-refractivity contribution is -0.122. The van der Waals surface area contributed by atoms with Crippen molar-refractivity contribution >= 4 is 5.91 Å². The first-order valence-electron chi connectivity index (χ1n) is 8.34. The molecule has 8 heteroatoms. The summed E-state index contributed by atoms with van der Waals surface area (Å²) in [5.74, 6) is -0.293. The minimum atomic E-state index is -0.274. The van der Waals surface area contributed by atoms with Crippen LogP contribution in [-0.2, 0) is 17.9 Å². The van der Waals surface area contributed by atoms with Crippen LogP contribution in [0.5, 0.6) is 0 Å². The smallest absolute Gasteiger partial charge is 0.234 e. The maximum Gasteiger partial charge on any atom is 0.234 e. The molecule has 1 aromatic heterocycles. The number of benzene rings is 1. The third-order valence-corrected chi connectivity index (χ3v) is 4.35. The number of piperazine rings is 1. The first-order chi connectivity index (χ1) is 12.1. The third-order valence-electron chi connectivity index (χ3n) is 4.35. The minimum Gasteiger partial charge on any atom is -0.351 e. The minimum absolute atomic E-state index is 0.0191. The van der Waals surface area contributed by atoms with Crippen LogP contribution < -0.4 is 5.32 Å². The molecule has 1 saturated heterocycles. The Morgan fingerprint density at radius 2 is 1.84 bits per heavy atom. The molecule has 0 unspecified atom stereocenters. The topological polar surface area (TPSA) is 74.5 Å². The number of carbonyl (C=O) groups excluding carboxylic acids is 1. The summed E-state index contributed by atoms with van der Waals surface area (Å²) in [6, 6.07) is 6.14. The van der Waals surface area contributed by atoms with Crippen molar-refractivity contribution in [1.82, 2.24) is 25.4 Å². The van der Waals surface area contributed by atoms with Gasteiger partial charge in [-0.05, 0) is 24.6 Å². The molecule has 2 aromatic rings. The standard InChI is InChI=1S/C17H22FN5O2/c1-13-16(21-25-20-13)11-22-6-8-23(9-7-22)12-17(24)19-10-14-2-4-15(18)5-3-14/h2-5H,6-12H2,1H3,(H,19,24). The maximum atomic E-state index is 12.9. The fourth-order valence-corrected chi connectivity index (χ4v) is 2.77. The average Bonchev–Trinajstić information content (AvgIpc) is 3.01. The van der Waals surface area contributed by atoms with Gasteiger partial charge in [-0.1, -0.05) is 22.4 Å². The maximum absolute atomic E-state index is 12.9. The van der Waals surface area contributed by atoms with E-state index >= 15 is 0 Å². The molecule has 0 spiro atoms. The van der Waals surface area contributed by atoms with E-state index in [0.29, 0.717) is 13.1 Å². The van der Waals surface area contributed by atoms with Crippen LogP contribution in [0.25, 0.3) is 0 Å². The molecule has 1 aliphatic heterocycles. The van der Waals surface area contributed by atoms with Crippen LogP contribution in [0.4, 0.5) is 4.39 Å². The molecule has 0 aliphatic carbocycles. The van der Waals surface area contributed by atoms with Crippen LogP contribution in [0.3, 0.4) is 0 Å². The second-order valence-corrected chi connectivity index (χ2v) is 6.25. The van der Waals surface area contributed by atoms with Gasteiger partial charge in [-0.3, -0.25) is 14.6 Å². The van der Waals surface area contributed by atoms with Gasteiger partial charge in [-0.2, -0.15) is 0 Å². The second-order valence-electron chi connectivity index (χ2n) is 6.25. The van der Waals surface area contributed by atoms with E-state index in [9.17, 15) is 9.18 Å². The zero-order valence-corrected chi connectivity index (χ0v) is 14.2. The van der Waals surface area contributed by atoms with Crippen molar-refractivity contribution in [2.45, 2.75) is 20.0 Å². The number of rotatable bonds is 6. The number of amides is 1. The Balaban J connectivity index is 1.37. The lowest BCUT2D eigenvalue weighted by Crippen LogP contribution is -2.49. The summed E-state index contributed by atoms with van der Waals surface area (Å²) in [7, 11) is 0. The highest BCUT2D eigenvalue weighted by Crippen LogP contribution is 2.09. The highest BCUT2D eigenvalue weighted by atomic mass is 19.1. The zero-order valence-electron chi connectivity index (χ0n) is 14.2. The van der Waals surface area contributed by atoms with E-state index in [2.05, 4.69) is 25.4 Å². The van der Waals surface area contributed by atoms with Gasteiger partial charge in [0.15, 0.2) is 0 Å². The first kappa shape index (κ1) is 17.5. The van der Waals surface area contributed by atoms with Gasteiger partial charge in [0.05, 0.1) is 6.54 Å².